The molecule has 1 rings (SSSR count). The van der Waals surface area contributed by atoms with Crippen molar-refractivity contribution < 1.29 is 8.78 Å². The molecule has 0 amide bonds. The summed E-state index contributed by atoms with van der Waals surface area (Å²) in [5.74, 6) is 0. The van der Waals surface area contributed by atoms with Crippen molar-refractivity contribution in [2.24, 2.45) is 5.73 Å². The smallest absolute Gasteiger partial charge is 0.257 e. The Morgan fingerprint density at radius 3 is 2.40 bits per heavy atom. The molecule has 0 fully saturated rings. The van der Waals surface area contributed by atoms with Crippen LogP contribution in [-0.2, 0) is 25.9 Å². The van der Waals surface area contributed by atoms with Gasteiger partial charge < -0.3 is 5.73 Å². The van der Waals surface area contributed by atoms with Crippen LogP contribution in [0.15, 0.2) is 0 Å². The number of aryl methyl sites for hydroxylation is 1. The number of alkyl halides is 2. The highest BCUT2D eigenvalue weighted by molar-refractivity contribution is 5.26. The molecule has 86 valence electrons. The van der Waals surface area contributed by atoms with Crippen molar-refractivity contribution in [3.8, 4) is 0 Å². The number of hydrogen-bond donors (Lipinski definition) is 1. The van der Waals surface area contributed by atoms with Crippen LogP contribution in [0, 0.1) is 0 Å². The standard InChI is InChI=1S/C10H17F2N3/c1-3-8-7(5-13)9(4-2)15(14-8)6-10(11)12/h10H,3-6,13H2,1-2H3. The van der Waals surface area contributed by atoms with Crippen LogP contribution in [0.1, 0.15) is 30.8 Å². The lowest BCUT2D eigenvalue weighted by Gasteiger charge is -2.05. The fraction of sp³-hybridized carbons (Fsp3) is 0.700. The molecule has 1 heterocycles. The van der Waals surface area contributed by atoms with Gasteiger partial charge in [-0.15, -0.1) is 0 Å². The average Bonchev–Trinajstić information content (AvgIpc) is 2.53. The maximum Gasteiger partial charge on any atom is 0.257 e. The van der Waals surface area contributed by atoms with Crippen LogP contribution in [0.2, 0.25) is 0 Å². The van der Waals surface area contributed by atoms with Crippen molar-refractivity contribution in [1.82, 2.24) is 9.78 Å². The first-order valence-electron chi connectivity index (χ1n) is 5.19. The van der Waals surface area contributed by atoms with Gasteiger partial charge in [-0.2, -0.15) is 5.10 Å². The fourth-order valence-electron chi connectivity index (χ4n) is 1.79. The molecule has 2 N–H and O–H groups in total. The van der Waals surface area contributed by atoms with E-state index in [0.29, 0.717) is 13.0 Å². The summed E-state index contributed by atoms with van der Waals surface area (Å²) < 4.78 is 26.0. The lowest BCUT2D eigenvalue weighted by molar-refractivity contribution is 0.120. The summed E-state index contributed by atoms with van der Waals surface area (Å²) >= 11 is 0. The Kier molecular flexibility index (Phi) is 4.20. The fourth-order valence-corrected chi connectivity index (χ4v) is 1.79. The summed E-state index contributed by atoms with van der Waals surface area (Å²) in [4.78, 5) is 0. The third-order valence-electron chi connectivity index (χ3n) is 2.43. The van der Waals surface area contributed by atoms with Gasteiger partial charge in [-0.25, -0.2) is 8.78 Å². The molecule has 1 aromatic heterocycles. The van der Waals surface area contributed by atoms with Gasteiger partial charge in [0.25, 0.3) is 6.43 Å². The van der Waals surface area contributed by atoms with Gasteiger partial charge in [0.1, 0.15) is 6.54 Å². The lowest BCUT2D eigenvalue weighted by atomic mass is 10.1. The van der Waals surface area contributed by atoms with E-state index < -0.39 is 6.43 Å². The normalized spacial score (nSPS) is 11.3. The molecule has 0 unspecified atom stereocenters. The maximum absolute atomic E-state index is 12.3. The first kappa shape index (κ1) is 12.1. The zero-order chi connectivity index (χ0) is 11.4. The molecule has 0 atom stereocenters. The van der Waals surface area contributed by atoms with Gasteiger partial charge in [0, 0.05) is 17.8 Å². The molecule has 0 bridgehead atoms. The van der Waals surface area contributed by atoms with E-state index in [1.165, 1.54) is 4.68 Å². The quantitative estimate of drug-likeness (QED) is 0.816. The number of aromatic nitrogens is 2. The van der Waals surface area contributed by atoms with Crippen LogP contribution in [0.5, 0.6) is 0 Å². The Hall–Kier alpha value is -0.970. The van der Waals surface area contributed by atoms with Gasteiger partial charge in [0.05, 0.1) is 5.69 Å². The molecule has 1 aromatic rings. The molecule has 0 spiro atoms. The Balaban J connectivity index is 3.09. The third-order valence-corrected chi connectivity index (χ3v) is 2.43. The number of nitrogens with two attached hydrogens (primary N) is 1. The van der Waals surface area contributed by atoms with Crippen molar-refractivity contribution in [1.29, 1.82) is 0 Å². The van der Waals surface area contributed by atoms with Gasteiger partial charge in [0.2, 0.25) is 0 Å². The summed E-state index contributed by atoms with van der Waals surface area (Å²) in [6.45, 7) is 3.91. The zero-order valence-corrected chi connectivity index (χ0v) is 9.13. The van der Waals surface area contributed by atoms with E-state index in [1.54, 1.807) is 0 Å². The van der Waals surface area contributed by atoms with Crippen LogP contribution < -0.4 is 5.73 Å². The van der Waals surface area contributed by atoms with E-state index in [4.69, 9.17) is 5.73 Å². The van der Waals surface area contributed by atoms with Gasteiger partial charge in [-0.05, 0) is 12.8 Å². The van der Waals surface area contributed by atoms with Gasteiger partial charge >= 0.3 is 0 Å². The highest BCUT2D eigenvalue weighted by atomic mass is 19.3. The number of halogens is 2. The highest BCUT2D eigenvalue weighted by Gasteiger charge is 2.16. The summed E-state index contributed by atoms with van der Waals surface area (Å²) in [6, 6.07) is 0. The lowest BCUT2D eigenvalue weighted by Crippen LogP contribution is -2.12. The van der Waals surface area contributed by atoms with Crippen molar-refractivity contribution in [3.05, 3.63) is 17.0 Å². The predicted octanol–water partition coefficient (Wildman–Crippen LogP) is 1.73. The van der Waals surface area contributed by atoms with Crippen LogP contribution in [0.4, 0.5) is 8.78 Å². The van der Waals surface area contributed by atoms with Gasteiger partial charge in [0.15, 0.2) is 0 Å². The summed E-state index contributed by atoms with van der Waals surface area (Å²) in [6.07, 6.45) is -0.951. The molecule has 0 aliphatic heterocycles. The molecule has 0 aliphatic rings. The topological polar surface area (TPSA) is 43.8 Å². The molecule has 5 heteroatoms. The van der Waals surface area contributed by atoms with Crippen molar-refractivity contribution in [2.75, 3.05) is 0 Å². The van der Waals surface area contributed by atoms with E-state index >= 15 is 0 Å². The second-order valence-electron chi connectivity index (χ2n) is 3.36. The zero-order valence-electron chi connectivity index (χ0n) is 9.13. The minimum Gasteiger partial charge on any atom is -0.326 e. The Labute approximate surface area is 88.3 Å². The van der Waals surface area contributed by atoms with Gasteiger partial charge in [-0.1, -0.05) is 13.8 Å². The average molecular weight is 217 g/mol. The summed E-state index contributed by atoms with van der Waals surface area (Å²) in [7, 11) is 0. The van der Waals surface area contributed by atoms with Crippen LogP contribution in [-0.4, -0.2) is 16.2 Å². The molecule has 0 saturated heterocycles. The van der Waals surface area contributed by atoms with Crippen LogP contribution in [0.25, 0.3) is 0 Å². The van der Waals surface area contributed by atoms with Crippen molar-refractivity contribution in [2.45, 2.75) is 46.2 Å². The van der Waals surface area contributed by atoms with E-state index in [-0.39, 0.29) is 6.54 Å². The first-order valence-corrected chi connectivity index (χ1v) is 5.19. The van der Waals surface area contributed by atoms with Crippen molar-refractivity contribution >= 4 is 0 Å². The Morgan fingerprint density at radius 2 is 2.00 bits per heavy atom. The molecule has 0 aliphatic carbocycles. The van der Waals surface area contributed by atoms with Crippen LogP contribution >= 0.6 is 0 Å². The largest absolute Gasteiger partial charge is 0.326 e. The SMILES string of the molecule is CCc1nn(CC(F)F)c(CC)c1CN. The Morgan fingerprint density at radius 1 is 1.33 bits per heavy atom. The van der Waals surface area contributed by atoms with E-state index in [9.17, 15) is 8.78 Å². The second kappa shape index (κ2) is 5.21. The van der Waals surface area contributed by atoms with E-state index in [2.05, 4.69) is 5.10 Å². The minimum absolute atomic E-state index is 0.337. The molecular formula is C10H17F2N3. The minimum atomic E-state index is -2.37. The molecule has 0 aromatic carbocycles. The number of nitrogens with zero attached hydrogens (tertiary/aromatic N) is 2. The Bertz CT molecular complexity index is 321. The van der Waals surface area contributed by atoms with Crippen LogP contribution in [0.3, 0.4) is 0 Å². The molecule has 0 radical (unpaired) electrons. The summed E-state index contributed by atoms with van der Waals surface area (Å²) in [5.41, 5.74) is 8.22. The maximum atomic E-state index is 12.3. The van der Waals surface area contributed by atoms with E-state index in [1.807, 2.05) is 13.8 Å². The number of hydrogen-bond acceptors (Lipinski definition) is 2. The predicted molar refractivity (Wildman–Crippen MR) is 54.9 cm³/mol. The molecular weight excluding hydrogens is 200 g/mol. The highest BCUT2D eigenvalue weighted by Crippen LogP contribution is 2.16. The van der Waals surface area contributed by atoms with Crippen molar-refractivity contribution in [3.63, 3.8) is 0 Å². The van der Waals surface area contributed by atoms with Gasteiger partial charge in [-0.3, -0.25) is 4.68 Å². The summed E-state index contributed by atoms with van der Waals surface area (Å²) in [5, 5.41) is 4.17. The second-order valence-corrected chi connectivity index (χ2v) is 3.36. The third kappa shape index (κ3) is 2.53. The molecule has 0 saturated carbocycles. The van der Waals surface area contributed by atoms with E-state index in [0.717, 1.165) is 23.4 Å². The molecule has 3 nitrogen and oxygen atoms in total. The molecule has 15 heavy (non-hydrogen) atoms. The monoisotopic (exact) mass is 217 g/mol. The first-order chi connectivity index (χ1) is 7.13. The number of rotatable bonds is 5.